The zero-order valence-corrected chi connectivity index (χ0v) is 9.73. The molecule has 0 saturated heterocycles. The maximum absolute atomic E-state index is 4.33. The lowest BCUT2D eigenvalue weighted by atomic mass is 9.89. The number of fused-ring (bicyclic) bond motifs is 2. The van der Waals surface area contributed by atoms with Gasteiger partial charge < -0.3 is 5.32 Å². The number of rotatable bonds is 4. The van der Waals surface area contributed by atoms with Crippen LogP contribution >= 0.6 is 0 Å². The van der Waals surface area contributed by atoms with Crippen molar-refractivity contribution in [3.05, 3.63) is 30.1 Å². The first-order valence-electron chi connectivity index (χ1n) is 6.52. The van der Waals surface area contributed by atoms with Crippen LogP contribution in [-0.2, 0) is 6.54 Å². The minimum absolute atomic E-state index is 0.925. The number of hydrogen-bond donors (Lipinski definition) is 1. The van der Waals surface area contributed by atoms with Crippen LogP contribution in [0.2, 0.25) is 0 Å². The van der Waals surface area contributed by atoms with E-state index in [4.69, 9.17) is 0 Å². The van der Waals surface area contributed by atoms with E-state index in [0.717, 1.165) is 30.0 Å². The van der Waals surface area contributed by atoms with E-state index in [-0.39, 0.29) is 0 Å². The molecule has 3 atom stereocenters. The van der Waals surface area contributed by atoms with Crippen LogP contribution in [0, 0.1) is 17.8 Å². The fourth-order valence-electron chi connectivity index (χ4n) is 3.51. The summed E-state index contributed by atoms with van der Waals surface area (Å²) in [5, 5.41) is 3.57. The molecule has 0 radical (unpaired) electrons. The third kappa shape index (κ3) is 2.12. The highest BCUT2D eigenvalue weighted by Crippen LogP contribution is 2.47. The summed E-state index contributed by atoms with van der Waals surface area (Å²) in [6.07, 6.45) is 7.84. The molecule has 1 aromatic rings. The van der Waals surface area contributed by atoms with Gasteiger partial charge in [0.25, 0.3) is 0 Å². The Morgan fingerprint density at radius 2 is 2.25 bits per heavy atom. The zero-order chi connectivity index (χ0) is 10.8. The summed E-state index contributed by atoms with van der Waals surface area (Å²) >= 11 is 0. The Hall–Kier alpha value is -0.890. The molecule has 3 unspecified atom stereocenters. The summed E-state index contributed by atoms with van der Waals surface area (Å²) < 4.78 is 0. The number of nitrogens with zero attached hydrogens (tertiary/aromatic N) is 1. The lowest BCUT2D eigenvalue weighted by molar-refractivity contribution is 0.318. The van der Waals surface area contributed by atoms with Crippen molar-refractivity contribution in [1.29, 1.82) is 0 Å². The normalized spacial score (nSPS) is 32.1. The molecule has 2 nitrogen and oxygen atoms in total. The molecule has 0 aromatic carbocycles. The van der Waals surface area contributed by atoms with E-state index >= 15 is 0 Å². The number of hydrogen-bond acceptors (Lipinski definition) is 2. The van der Waals surface area contributed by atoms with Gasteiger partial charge in [-0.25, -0.2) is 0 Å². The average Bonchev–Trinajstić information content (AvgIpc) is 2.92. The minimum Gasteiger partial charge on any atom is -0.311 e. The summed E-state index contributed by atoms with van der Waals surface area (Å²) in [5.74, 6) is 3.04. The van der Waals surface area contributed by atoms with Gasteiger partial charge in [-0.2, -0.15) is 0 Å². The monoisotopic (exact) mass is 216 g/mol. The van der Waals surface area contributed by atoms with Gasteiger partial charge in [0.2, 0.25) is 0 Å². The first kappa shape index (κ1) is 10.3. The van der Waals surface area contributed by atoms with E-state index in [1.807, 2.05) is 12.3 Å². The van der Waals surface area contributed by atoms with Crippen molar-refractivity contribution in [3.8, 4) is 0 Å². The lowest BCUT2D eigenvalue weighted by Crippen LogP contribution is -2.26. The zero-order valence-electron chi connectivity index (χ0n) is 9.73. The Balaban J connectivity index is 1.44. The Bertz CT molecular complexity index is 336. The number of nitrogens with one attached hydrogen (secondary N) is 1. The number of aromatic nitrogens is 1. The van der Waals surface area contributed by atoms with E-state index in [9.17, 15) is 0 Å². The van der Waals surface area contributed by atoms with Gasteiger partial charge in [-0.05, 0) is 55.7 Å². The molecule has 0 aliphatic heterocycles. The van der Waals surface area contributed by atoms with Crippen molar-refractivity contribution in [2.45, 2.75) is 32.2 Å². The minimum atomic E-state index is 0.925. The Morgan fingerprint density at radius 1 is 1.25 bits per heavy atom. The second-order valence-electron chi connectivity index (χ2n) is 5.39. The summed E-state index contributed by atoms with van der Waals surface area (Å²) in [5.41, 5.74) is 1.16. The van der Waals surface area contributed by atoms with Crippen molar-refractivity contribution in [3.63, 3.8) is 0 Å². The first-order valence-corrected chi connectivity index (χ1v) is 6.52. The van der Waals surface area contributed by atoms with E-state index in [1.54, 1.807) is 0 Å². The maximum Gasteiger partial charge on any atom is 0.0541 e. The van der Waals surface area contributed by atoms with E-state index < -0.39 is 0 Å². The van der Waals surface area contributed by atoms with Gasteiger partial charge in [0.05, 0.1) is 5.69 Å². The molecule has 2 aliphatic carbocycles. The van der Waals surface area contributed by atoms with Crippen LogP contribution in [0.5, 0.6) is 0 Å². The lowest BCUT2D eigenvalue weighted by Gasteiger charge is -2.21. The van der Waals surface area contributed by atoms with Gasteiger partial charge in [-0.3, -0.25) is 4.98 Å². The van der Waals surface area contributed by atoms with Crippen LogP contribution in [-0.4, -0.2) is 11.5 Å². The maximum atomic E-state index is 4.33. The molecule has 16 heavy (non-hydrogen) atoms. The standard InChI is InChI=1S/C14H20N2/c1-2-6-16-14(3-1)10-15-9-13-8-11-4-5-12(13)7-11/h1-3,6,11-13,15H,4-5,7-10H2. The van der Waals surface area contributed by atoms with Crippen molar-refractivity contribution >= 4 is 0 Å². The van der Waals surface area contributed by atoms with Crippen LogP contribution in [0.4, 0.5) is 0 Å². The van der Waals surface area contributed by atoms with E-state index in [2.05, 4.69) is 22.4 Å². The quantitative estimate of drug-likeness (QED) is 0.837. The molecule has 2 heteroatoms. The van der Waals surface area contributed by atoms with E-state index in [0.29, 0.717) is 0 Å². The summed E-state index contributed by atoms with van der Waals surface area (Å²) in [6.45, 7) is 2.12. The first-order chi connectivity index (χ1) is 7.92. The molecule has 0 amide bonds. The van der Waals surface area contributed by atoms with Gasteiger partial charge in [0.1, 0.15) is 0 Å². The van der Waals surface area contributed by atoms with Crippen LogP contribution in [0.25, 0.3) is 0 Å². The Labute approximate surface area is 97.5 Å². The topological polar surface area (TPSA) is 24.9 Å². The SMILES string of the molecule is c1ccc(CNCC2CC3CCC2C3)nc1. The third-order valence-corrected chi connectivity index (χ3v) is 4.32. The molecular formula is C14H20N2. The molecular weight excluding hydrogens is 196 g/mol. The van der Waals surface area contributed by atoms with Crippen molar-refractivity contribution < 1.29 is 0 Å². The second kappa shape index (κ2) is 4.54. The predicted octanol–water partition coefficient (Wildman–Crippen LogP) is 2.61. The summed E-state index contributed by atoms with van der Waals surface area (Å²) in [7, 11) is 0. The highest BCUT2D eigenvalue weighted by Gasteiger charge is 2.38. The van der Waals surface area contributed by atoms with Crippen LogP contribution in [0.15, 0.2) is 24.4 Å². The molecule has 2 bridgehead atoms. The van der Waals surface area contributed by atoms with Gasteiger partial charge >= 0.3 is 0 Å². The number of pyridine rings is 1. The molecule has 1 aromatic heterocycles. The van der Waals surface area contributed by atoms with Crippen LogP contribution < -0.4 is 5.32 Å². The van der Waals surface area contributed by atoms with Crippen LogP contribution in [0.3, 0.4) is 0 Å². The summed E-state index contributed by atoms with van der Waals surface area (Å²) in [6, 6.07) is 6.12. The Morgan fingerprint density at radius 3 is 2.94 bits per heavy atom. The van der Waals surface area contributed by atoms with Gasteiger partial charge in [0.15, 0.2) is 0 Å². The molecule has 1 heterocycles. The highest BCUT2D eigenvalue weighted by molar-refractivity contribution is 5.03. The second-order valence-corrected chi connectivity index (χ2v) is 5.39. The van der Waals surface area contributed by atoms with Crippen molar-refractivity contribution in [1.82, 2.24) is 10.3 Å². The summed E-state index contributed by atoms with van der Waals surface area (Å²) in [4.78, 5) is 4.33. The third-order valence-electron chi connectivity index (χ3n) is 4.32. The fraction of sp³-hybridized carbons (Fsp3) is 0.643. The molecule has 1 N–H and O–H groups in total. The smallest absolute Gasteiger partial charge is 0.0541 e. The van der Waals surface area contributed by atoms with Crippen LogP contribution in [0.1, 0.15) is 31.4 Å². The molecule has 2 fully saturated rings. The average molecular weight is 216 g/mol. The van der Waals surface area contributed by atoms with Crippen molar-refractivity contribution in [2.75, 3.05) is 6.54 Å². The van der Waals surface area contributed by atoms with Crippen molar-refractivity contribution in [2.24, 2.45) is 17.8 Å². The largest absolute Gasteiger partial charge is 0.311 e. The van der Waals surface area contributed by atoms with Gasteiger partial charge in [0, 0.05) is 12.7 Å². The molecule has 0 spiro atoms. The molecule has 86 valence electrons. The molecule has 2 saturated carbocycles. The van der Waals surface area contributed by atoms with Gasteiger partial charge in [-0.15, -0.1) is 0 Å². The van der Waals surface area contributed by atoms with E-state index in [1.165, 1.54) is 32.2 Å². The Kier molecular flexibility index (Phi) is 2.92. The highest BCUT2D eigenvalue weighted by atomic mass is 14.9. The molecule has 2 aliphatic rings. The van der Waals surface area contributed by atoms with Gasteiger partial charge in [-0.1, -0.05) is 12.5 Å². The fourth-order valence-corrected chi connectivity index (χ4v) is 3.51. The predicted molar refractivity (Wildman–Crippen MR) is 64.9 cm³/mol. The molecule has 3 rings (SSSR count).